The van der Waals surface area contributed by atoms with Gasteiger partial charge in [0.25, 0.3) is 5.56 Å². The highest BCUT2D eigenvalue weighted by Crippen LogP contribution is 2.34. The topological polar surface area (TPSA) is 144 Å². The molecule has 0 aliphatic heterocycles. The summed E-state index contributed by atoms with van der Waals surface area (Å²) < 4.78 is 43.7. The number of hydrogen-bond donors (Lipinski definition) is 3. The first-order chi connectivity index (χ1) is 19.5. The highest BCUT2D eigenvalue weighted by molar-refractivity contribution is 7.22. The van der Waals surface area contributed by atoms with Gasteiger partial charge in [0.2, 0.25) is 11.9 Å². The Morgan fingerprint density at radius 2 is 1.78 bits per heavy atom. The Morgan fingerprint density at radius 1 is 1.05 bits per heavy atom. The molecule has 0 spiro atoms. The zero-order valence-electron chi connectivity index (χ0n) is 20.8. The molecule has 11 nitrogen and oxygen atoms in total. The summed E-state index contributed by atoms with van der Waals surface area (Å²) in [6.45, 7) is 0.333. The molecule has 0 saturated carbocycles. The molecule has 0 radical (unpaired) electrons. The molecule has 3 heterocycles. The molecule has 2 aromatic carbocycles. The Hall–Kier alpha value is -4.76. The first kappa shape index (κ1) is 27.8. The number of amides is 1. The van der Waals surface area contributed by atoms with E-state index in [9.17, 15) is 32.3 Å². The number of aromatic nitrogens is 5. The zero-order valence-corrected chi connectivity index (χ0v) is 22.4. The fraction of sp³-hybridized carbons (Fsp3) is 0.120. The van der Waals surface area contributed by atoms with E-state index >= 15 is 0 Å². The van der Waals surface area contributed by atoms with Gasteiger partial charge >= 0.3 is 11.4 Å². The number of pyridine rings is 1. The normalized spacial score (nSPS) is 11.1. The van der Waals surface area contributed by atoms with Crippen molar-refractivity contribution >= 4 is 55.8 Å². The van der Waals surface area contributed by atoms with Crippen molar-refractivity contribution in [3.8, 4) is 0 Å². The lowest BCUT2D eigenvalue weighted by Crippen LogP contribution is -2.43. The predicted octanol–water partition coefficient (Wildman–Crippen LogP) is 3.57. The number of halogens is 4. The van der Waals surface area contributed by atoms with E-state index in [-0.39, 0.29) is 33.7 Å². The first-order valence-corrected chi connectivity index (χ1v) is 12.9. The smallest absolute Gasteiger partial charge is 0.329 e. The second-order valence-electron chi connectivity index (χ2n) is 8.70. The van der Waals surface area contributed by atoms with Crippen LogP contribution in [-0.2, 0) is 17.9 Å². The summed E-state index contributed by atoms with van der Waals surface area (Å²) in [4.78, 5) is 60.7. The van der Waals surface area contributed by atoms with Gasteiger partial charge in [-0.1, -0.05) is 29.0 Å². The van der Waals surface area contributed by atoms with E-state index in [0.717, 1.165) is 15.9 Å². The number of hydrogen-bond acceptors (Lipinski definition) is 8. The molecular weight excluding hydrogens is 587 g/mol. The average Bonchev–Trinajstić information content (AvgIpc) is 3.28. The van der Waals surface area contributed by atoms with Crippen molar-refractivity contribution in [2.75, 3.05) is 10.6 Å². The van der Waals surface area contributed by atoms with Crippen molar-refractivity contribution in [2.24, 2.45) is 0 Å². The van der Waals surface area contributed by atoms with Crippen molar-refractivity contribution in [3.05, 3.63) is 108 Å². The van der Waals surface area contributed by atoms with Gasteiger partial charge in [-0.05, 0) is 35.9 Å². The quantitative estimate of drug-likeness (QED) is 0.241. The number of fused-ring (bicyclic) bond motifs is 1. The van der Waals surface area contributed by atoms with E-state index in [0.29, 0.717) is 32.0 Å². The molecule has 0 fully saturated rings. The first-order valence-electron chi connectivity index (χ1n) is 11.7. The third kappa shape index (κ3) is 5.76. The van der Waals surface area contributed by atoms with Gasteiger partial charge in [-0.2, -0.15) is 4.98 Å². The van der Waals surface area contributed by atoms with Gasteiger partial charge in [0.1, 0.15) is 0 Å². The minimum absolute atomic E-state index is 0.0771. The van der Waals surface area contributed by atoms with Crippen LogP contribution >= 0.6 is 22.9 Å². The van der Waals surface area contributed by atoms with Gasteiger partial charge in [0.15, 0.2) is 22.6 Å². The van der Waals surface area contributed by atoms with Crippen LogP contribution in [0.5, 0.6) is 0 Å². The Bertz CT molecular complexity index is 2000. The van der Waals surface area contributed by atoms with Crippen molar-refractivity contribution in [1.29, 1.82) is 0 Å². The molecule has 0 saturated heterocycles. The van der Waals surface area contributed by atoms with E-state index in [4.69, 9.17) is 11.6 Å². The molecule has 41 heavy (non-hydrogen) atoms. The molecule has 3 aromatic heterocycles. The average molecular weight is 604 g/mol. The van der Waals surface area contributed by atoms with Crippen molar-refractivity contribution in [3.63, 3.8) is 0 Å². The SMILES string of the molecule is CC(=O)Nc1nc2cc(Cl)c(Nc3nc(=O)n(Cc4ccc[nH]c4=O)c(=O)n3Cc3cc(F)c(F)c(F)c3)cc2s1. The number of carbonyl (C=O) groups is 1. The van der Waals surface area contributed by atoms with Crippen LogP contribution in [0.4, 0.5) is 29.9 Å². The van der Waals surface area contributed by atoms with Crippen LogP contribution in [0.1, 0.15) is 18.1 Å². The van der Waals surface area contributed by atoms with Gasteiger partial charge in [-0.15, -0.1) is 0 Å². The Labute approximate surface area is 235 Å². The number of nitrogens with one attached hydrogen (secondary N) is 3. The van der Waals surface area contributed by atoms with E-state index in [1.807, 2.05) is 0 Å². The van der Waals surface area contributed by atoms with Crippen LogP contribution in [0.15, 0.2) is 57.0 Å². The van der Waals surface area contributed by atoms with Gasteiger partial charge in [-0.25, -0.2) is 32.3 Å². The summed E-state index contributed by atoms with van der Waals surface area (Å²) in [5.74, 6) is -5.32. The Balaban J connectivity index is 1.62. The van der Waals surface area contributed by atoms with Gasteiger partial charge in [0, 0.05) is 18.7 Å². The molecule has 210 valence electrons. The van der Waals surface area contributed by atoms with Crippen molar-refractivity contribution < 1.29 is 18.0 Å². The highest BCUT2D eigenvalue weighted by Gasteiger charge is 2.19. The number of nitrogens with zero attached hydrogens (tertiary/aromatic N) is 4. The fourth-order valence-electron chi connectivity index (χ4n) is 3.90. The molecule has 1 amide bonds. The predicted molar refractivity (Wildman–Crippen MR) is 147 cm³/mol. The number of rotatable bonds is 7. The molecule has 0 bridgehead atoms. The molecule has 0 unspecified atom stereocenters. The second kappa shape index (κ2) is 11.0. The standard InChI is InChI=1S/C25H17ClF3N7O4S/c1-11(37)31-23-33-18-7-14(26)17(8-19(18)41-23)32-22-34-24(39)36(10-13-3-2-4-30-21(13)38)25(40)35(22)9-12-5-15(27)20(29)16(28)6-12/h2-8H,9-10H2,1H3,(H,30,38)(H,31,33,37)(H,32,34,39). The maximum Gasteiger partial charge on any atom is 0.355 e. The molecular formula is C25H17ClF3N7O4S. The number of anilines is 3. The van der Waals surface area contributed by atoms with Gasteiger partial charge in [0.05, 0.1) is 34.0 Å². The van der Waals surface area contributed by atoms with E-state index in [1.54, 1.807) is 6.07 Å². The van der Waals surface area contributed by atoms with Crippen LogP contribution in [0.2, 0.25) is 5.02 Å². The number of H-pyrrole nitrogens is 1. The number of thiazole rings is 1. The lowest BCUT2D eigenvalue weighted by molar-refractivity contribution is -0.114. The lowest BCUT2D eigenvalue weighted by Gasteiger charge is -2.16. The number of aromatic amines is 1. The van der Waals surface area contributed by atoms with E-state index in [1.165, 1.54) is 31.3 Å². The lowest BCUT2D eigenvalue weighted by atomic mass is 10.2. The minimum Gasteiger partial charge on any atom is -0.329 e. The minimum atomic E-state index is -1.69. The fourth-order valence-corrected chi connectivity index (χ4v) is 5.04. The summed E-state index contributed by atoms with van der Waals surface area (Å²) in [6, 6.07) is 7.34. The van der Waals surface area contributed by atoms with Gasteiger partial charge in [-0.3, -0.25) is 14.2 Å². The summed E-state index contributed by atoms with van der Waals surface area (Å²) >= 11 is 7.55. The highest BCUT2D eigenvalue weighted by atomic mass is 35.5. The van der Waals surface area contributed by atoms with Gasteiger partial charge < -0.3 is 15.6 Å². The monoisotopic (exact) mass is 603 g/mol. The van der Waals surface area contributed by atoms with Crippen LogP contribution < -0.4 is 27.6 Å². The van der Waals surface area contributed by atoms with E-state index in [2.05, 4.69) is 25.6 Å². The maximum atomic E-state index is 14.0. The Kier molecular flexibility index (Phi) is 7.47. The summed E-state index contributed by atoms with van der Waals surface area (Å²) in [5.41, 5.74) is -1.99. The summed E-state index contributed by atoms with van der Waals surface area (Å²) in [6.07, 6.45) is 1.37. The van der Waals surface area contributed by atoms with Crippen LogP contribution in [0, 0.1) is 17.5 Å². The molecule has 0 aliphatic carbocycles. The maximum absolute atomic E-state index is 14.0. The molecule has 5 aromatic rings. The third-order valence-corrected chi connectivity index (χ3v) is 7.02. The van der Waals surface area contributed by atoms with Crippen molar-refractivity contribution in [1.82, 2.24) is 24.1 Å². The number of carbonyl (C=O) groups excluding carboxylic acids is 1. The summed E-state index contributed by atoms with van der Waals surface area (Å²) in [5, 5.41) is 5.79. The largest absolute Gasteiger partial charge is 0.355 e. The van der Waals surface area contributed by atoms with E-state index < -0.39 is 47.5 Å². The molecule has 5 rings (SSSR count). The number of benzene rings is 2. The zero-order chi connectivity index (χ0) is 29.4. The molecule has 0 aliphatic rings. The van der Waals surface area contributed by atoms with Crippen LogP contribution in [0.25, 0.3) is 10.2 Å². The molecule has 0 atom stereocenters. The second-order valence-corrected chi connectivity index (χ2v) is 10.1. The Morgan fingerprint density at radius 3 is 2.46 bits per heavy atom. The van der Waals surface area contributed by atoms with Crippen LogP contribution in [0.3, 0.4) is 0 Å². The molecule has 3 N–H and O–H groups in total. The third-order valence-electron chi connectivity index (χ3n) is 5.77. The van der Waals surface area contributed by atoms with Crippen LogP contribution in [-0.4, -0.2) is 30.0 Å². The molecule has 16 heteroatoms. The summed E-state index contributed by atoms with van der Waals surface area (Å²) in [7, 11) is 0. The van der Waals surface area contributed by atoms with Crippen molar-refractivity contribution in [2.45, 2.75) is 20.0 Å².